The van der Waals surface area contributed by atoms with Gasteiger partial charge in [-0.3, -0.25) is 0 Å². The maximum atomic E-state index is 12.7. The van der Waals surface area contributed by atoms with Gasteiger partial charge in [0.1, 0.15) is 0 Å². The molecule has 0 unspecified atom stereocenters. The van der Waals surface area contributed by atoms with Gasteiger partial charge in [-0.05, 0) is 23.9 Å². The van der Waals surface area contributed by atoms with E-state index in [2.05, 4.69) is 0 Å². The first kappa shape index (κ1) is 13.7. The van der Waals surface area contributed by atoms with Gasteiger partial charge in [-0.2, -0.15) is 8.78 Å². The highest BCUT2D eigenvalue weighted by molar-refractivity contribution is 8.00. The molecule has 0 aliphatic rings. The molecule has 0 radical (unpaired) electrons. The van der Waals surface area contributed by atoms with Crippen LogP contribution in [0.25, 0.3) is 0 Å². The lowest BCUT2D eigenvalue weighted by Gasteiger charge is -2.15. The van der Waals surface area contributed by atoms with Gasteiger partial charge in [0.2, 0.25) is 0 Å². The molecule has 0 spiro atoms. The minimum Gasteiger partial charge on any atom is -0.397 e. The molecule has 1 aromatic rings. The standard InChI is InChI=1S/C8H5Cl2F4NS/c9-3-2-6(4(10)1-5(3)15)16-8(13,14)7(11)12/h1-2,7H,15H2. The average Bonchev–Trinajstić information content (AvgIpc) is 2.13. The highest BCUT2D eigenvalue weighted by Gasteiger charge is 2.42. The summed E-state index contributed by atoms with van der Waals surface area (Å²) >= 11 is 10.8. The highest BCUT2D eigenvalue weighted by atomic mass is 35.5. The molecule has 1 nitrogen and oxygen atoms in total. The van der Waals surface area contributed by atoms with Gasteiger partial charge in [-0.1, -0.05) is 23.2 Å². The van der Waals surface area contributed by atoms with E-state index in [1.54, 1.807) is 0 Å². The van der Waals surface area contributed by atoms with E-state index in [-0.39, 0.29) is 32.4 Å². The minimum atomic E-state index is -4.22. The van der Waals surface area contributed by atoms with Gasteiger partial charge >= 0.3 is 11.7 Å². The van der Waals surface area contributed by atoms with Crippen LogP contribution in [0.15, 0.2) is 17.0 Å². The Labute approximate surface area is 103 Å². The van der Waals surface area contributed by atoms with E-state index >= 15 is 0 Å². The Hall–Kier alpha value is -0.330. The predicted octanol–water partition coefficient (Wildman–Crippen LogP) is 4.53. The number of nitrogen functional groups attached to an aromatic ring is 1. The van der Waals surface area contributed by atoms with Crippen molar-refractivity contribution in [2.45, 2.75) is 16.6 Å². The molecule has 90 valence electrons. The van der Waals surface area contributed by atoms with Crippen molar-refractivity contribution in [3.05, 3.63) is 22.2 Å². The van der Waals surface area contributed by atoms with E-state index in [0.29, 0.717) is 0 Å². The number of anilines is 1. The second-order valence-electron chi connectivity index (χ2n) is 2.77. The molecule has 16 heavy (non-hydrogen) atoms. The maximum Gasteiger partial charge on any atom is 0.357 e. The van der Waals surface area contributed by atoms with Gasteiger partial charge in [0.05, 0.1) is 15.7 Å². The molecule has 0 atom stereocenters. The summed E-state index contributed by atoms with van der Waals surface area (Å²) in [6.45, 7) is 0. The fraction of sp³-hybridized carbons (Fsp3) is 0.250. The van der Waals surface area contributed by atoms with Crippen molar-refractivity contribution in [3.63, 3.8) is 0 Å². The minimum absolute atomic E-state index is 0.0167. The van der Waals surface area contributed by atoms with Gasteiger partial charge in [0, 0.05) is 4.90 Å². The van der Waals surface area contributed by atoms with Gasteiger partial charge in [0.25, 0.3) is 0 Å². The zero-order chi connectivity index (χ0) is 12.5. The zero-order valence-corrected chi connectivity index (χ0v) is 9.81. The van der Waals surface area contributed by atoms with Crippen LogP contribution in [0.4, 0.5) is 23.2 Å². The van der Waals surface area contributed by atoms with Crippen molar-refractivity contribution < 1.29 is 17.6 Å². The molecule has 0 aliphatic heterocycles. The van der Waals surface area contributed by atoms with Crippen LogP contribution in [0.5, 0.6) is 0 Å². The van der Waals surface area contributed by atoms with Crippen LogP contribution in [0.1, 0.15) is 0 Å². The maximum absolute atomic E-state index is 12.7. The normalized spacial score (nSPS) is 12.2. The molecule has 1 aromatic carbocycles. The third kappa shape index (κ3) is 3.09. The first-order chi connectivity index (χ1) is 7.24. The van der Waals surface area contributed by atoms with Crippen molar-refractivity contribution >= 4 is 40.7 Å². The number of thioether (sulfide) groups is 1. The molecular weight excluding hydrogens is 289 g/mol. The van der Waals surface area contributed by atoms with Crippen LogP contribution in [-0.2, 0) is 0 Å². The van der Waals surface area contributed by atoms with Gasteiger partial charge < -0.3 is 5.73 Å². The number of halogens is 6. The number of nitrogens with two attached hydrogens (primary N) is 1. The molecule has 0 aromatic heterocycles. The summed E-state index contributed by atoms with van der Waals surface area (Å²) in [6, 6.07) is 2.16. The molecule has 0 saturated heterocycles. The van der Waals surface area contributed by atoms with E-state index in [0.717, 1.165) is 12.1 Å². The third-order valence-electron chi connectivity index (χ3n) is 1.55. The quantitative estimate of drug-likeness (QED) is 0.503. The summed E-state index contributed by atoms with van der Waals surface area (Å²) < 4.78 is 49.3. The second kappa shape index (κ2) is 4.89. The smallest absolute Gasteiger partial charge is 0.357 e. The topological polar surface area (TPSA) is 26.0 Å². The Morgan fingerprint density at radius 2 is 1.75 bits per heavy atom. The Kier molecular flexibility index (Phi) is 4.20. The number of hydrogen-bond donors (Lipinski definition) is 1. The van der Waals surface area contributed by atoms with Gasteiger partial charge in [-0.25, -0.2) is 8.78 Å². The van der Waals surface area contributed by atoms with E-state index < -0.39 is 11.7 Å². The fourth-order valence-corrected chi connectivity index (χ4v) is 2.05. The molecule has 0 amide bonds. The lowest BCUT2D eigenvalue weighted by molar-refractivity contribution is -0.0563. The monoisotopic (exact) mass is 293 g/mol. The molecule has 2 N–H and O–H groups in total. The average molecular weight is 294 g/mol. The lowest BCUT2D eigenvalue weighted by Crippen LogP contribution is -2.21. The highest BCUT2D eigenvalue weighted by Crippen LogP contribution is 2.44. The summed E-state index contributed by atoms with van der Waals surface area (Å²) in [4.78, 5) is -0.244. The van der Waals surface area contributed by atoms with Gasteiger partial charge in [-0.15, -0.1) is 0 Å². The molecule has 8 heteroatoms. The Balaban J connectivity index is 3.02. The molecule has 0 heterocycles. The third-order valence-corrected chi connectivity index (χ3v) is 3.31. The van der Waals surface area contributed by atoms with Crippen molar-refractivity contribution in [1.29, 1.82) is 0 Å². The molecule has 0 fully saturated rings. The van der Waals surface area contributed by atoms with Crippen LogP contribution < -0.4 is 5.73 Å². The summed E-state index contributed by atoms with van der Waals surface area (Å²) in [5, 5.41) is -4.38. The SMILES string of the molecule is Nc1cc(Cl)c(SC(F)(F)C(F)F)cc1Cl. The van der Waals surface area contributed by atoms with Gasteiger partial charge in [0.15, 0.2) is 0 Å². The predicted molar refractivity (Wildman–Crippen MR) is 57.7 cm³/mol. The van der Waals surface area contributed by atoms with E-state index in [4.69, 9.17) is 28.9 Å². The second-order valence-corrected chi connectivity index (χ2v) is 4.77. The summed E-state index contributed by atoms with van der Waals surface area (Å²) in [5.41, 5.74) is 5.45. The Bertz CT molecular complexity index is 400. The van der Waals surface area contributed by atoms with E-state index in [9.17, 15) is 17.6 Å². The molecule has 0 saturated carbocycles. The zero-order valence-electron chi connectivity index (χ0n) is 7.49. The van der Waals surface area contributed by atoms with E-state index in [1.807, 2.05) is 0 Å². The summed E-state index contributed by atoms with van der Waals surface area (Å²) in [7, 11) is 0. The van der Waals surface area contributed by atoms with Crippen LogP contribution in [0.3, 0.4) is 0 Å². The Morgan fingerprint density at radius 3 is 2.25 bits per heavy atom. The molecule has 0 aliphatic carbocycles. The number of alkyl halides is 4. The number of rotatable bonds is 3. The van der Waals surface area contributed by atoms with Crippen molar-refractivity contribution in [3.8, 4) is 0 Å². The van der Waals surface area contributed by atoms with Crippen molar-refractivity contribution in [2.24, 2.45) is 0 Å². The first-order valence-corrected chi connectivity index (χ1v) is 5.41. The largest absolute Gasteiger partial charge is 0.397 e. The Morgan fingerprint density at radius 1 is 1.19 bits per heavy atom. The summed E-state index contributed by atoms with van der Waals surface area (Å²) in [6.07, 6.45) is -3.79. The first-order valence-electron chi connectivity index (χ1n) is 3.83. The number of benzene rings is 1. The molecule has 0 bridgehead atoms. The molecule has 1 rings (SSSR count). The van der Waals surface area contributed by atoms with Crippen molar-refractivity contribution in [2.75, 3.05) is 5.73 Å². The number of hydrogen-bond acceptors (Lipinski definition) is 2. The van der Waals surface area contributed by atoms with Crippen LogP contribution >= 0.6 is 35.0 Å². The van der Waals surface area contributed by atoms with Crippen molar-refractivity contribution in [1.82, 2.24) is 0 Å². The van der Waals surface area contributed by atoms with Crippen LogP contribution in [-0.4, -0.2) is 11.7 Å². The molecular formula is C8H5Cl2F4NS. The van der Waals surface area contributed by atoms with E-state index in [1.165, 1.54) is 0 Å². The van der Waals surface area contributed by atoms with Crippen LogP contribution in [0.2, 0.25) is 10.0 Å². The summed E-state index contributed by atoms with van der Waals surface area (Å²) in [5.74, 6) is 0. The van der Waals surface area contributed by atoms with Crippen LogP contribution in [0, 0.1) is 0 Å². The lowest BCUT2D eigenvalue weighted by atomic mass is 10.3. The fourth-order valence-electron chi connectivity index (χ4n) is 0.813.